The van der Waals surface area contributed by atoms with Crippen LogP contribution in [0, 0.1) is 11.8 Å². The molecule has 18 heavy (non-hydrogen) atoms. The standard InChI is InChI=1S/C16H34N2/c1-14(2)11-16(13-18(3)4)17-12-15-9-7-5-6-8-10-15/h14-17H,5-13H2,1-4H3. The van der Waals surface area contributed by atoms with Crippen molar-refractivity contribution in [2.24, 2.45) is 11.8 Å². The molecule has 108 valence electrons. The van der Waals surface area contributed by atoms with Gasteiger partial charge in [-0.25, -0.2) is 0 Å². The van der Waals surface area contributed by atoms with Gasteiger partial charge in [0.1, 0.15) is 0 Å². The van der Waals surface area contributed by atoms with Gasteiger partial charge in [-0.2, -0.15) is 0 Å². The lowest BCUT2D eigenvalue weighted by molar-refractivity contribution is 0.288. The third-order valence-electron chi connectivity index (χ3n) is 4.01. The largest absolute Gasteiger partial charge is 0.312 e. The second-order valence-corrected chi connectivity index (χ2v) is 6.85. The number of rotatable bonds is 7. The highest BCUT2D eigenvalue weighted by atomic mass is 15.1. The van der Waals surface area contributed by atoms with Gasteiger partial charge >= 0.3 is 0 Å². The molecule has 0 aromatic carbocycles. The highest BCUT2D eigenvalue weighted by Gasteiger charge is 2.16. The molecule has 0 spiro atoms. The molecule has 2 nitrogen and oxygen atoms in total. The van der Waals surface area contributed by atoms with Crippen molar-refractivity contribution in [3.8, 4) is 0 Å². The van der Waals surface area contributed by atoms with Crippen LogP contribution in [0.15, 0.2) is 0 Å². The zero-order chi connectivity index (χ0) is 13.4. The summed E-state index contributed by atoms with van der Waals surface area (Å²) in [5.74, 6) is 1.72. The first-order valence-corrected chi connectivity index (χ1v) is 7.96. The van der Waals surface area contributed by atoms with Gasteiger partial charge in [0.05, 0.1) is 0 Å². The van der Waals surface area contributed by atoms with Gasteiger partial charge in [-0.15, -0.1) is 0 Å². The van der Waals surface area contributed by atoms with Crippen LogP contribution in [0.1, 0.15) is 58.8 Å². The average molecular weight is 254 g/mol. The molecule has 0 bridgehead atoms. The SMILES string of the molecule is CC(C)CC(CN(C)C)NCC1CCCCCC1. The second-order valence-electron chi connectivity index (χ2n) is 6.85. The Balaban J connectivity index is 2.29. The van der Waals surface area contributed by atoms with E-state index in [-0.39, 0.29) is 0 Å². The van der Waals surface area contributed by atoms with Gasteiger partial charge in [0.2, 0.25) is 0 Å². The van der Waals surface area contributed by atoms with E-state index in [0.29, 0.717) is 6.04 Å². The van der Waals surface area contributed by atoms with E-state index in [4.69, 9.17) is 0 Å². The normalized spacial score (nSPS) is 20.3. The van der Waals surface area contributed by atoms with Crippen LogP contribution in [0.4, 0.5) is 0 Å². The Kier molecular flexibility index (Phi) is 7.92. The molecule has 0 aliphatic heterocycles. The molecular formula is C16H34N2. The summed E-state index contributed by atoms with van der Waals surface area (Å²) in [5, 5.41) is 3.84. The van der Waals surface area contributed by atoms with E-state index >= 15 is 0 Å². The molecule has 1 saturated carbocycles. The Labute approximate surface area is 115 Å². The zero-order valence-electron chi connectivity index (χ0n) is 13.0. The molecule has 0 saturated heterocycles. The average Bonchev–Trinajstić information content (AvgIpc) is 2.52. The Morgan fingerprint density at radius 3 is 2.17 bits per heavy atom. The first-order valence-electron chi connectivity index (χ1n) is 7.96. The van der Waals surface area contributed by atoms with Gasteiger partial charge in [0, 0.05) is 12.6 Å². The van der Waals surface area contributed by atoms with E-state index in [0.717, 1.165) is 11.8 Å². The highest BCUT2D eigenvalue weighted by molar-refractivity contribution is 4.74. The van der Waals surface area contributed by atoms with Gasteiger partial charge in [0.15, 0.2) is 0 Å². The first kappa shape index (κ1) is 16.0. The molecule has 1 aliphatic rings. The van der Waals surface area contributed by atoms with Crippen molar-refractivity contribution in [2.75, 3.05) is 27.2 Å². The minimum atomic E-state index is 0.670. The van der Waals surface area contributed by atoms with Crippen LogP contribution in [0.3, 0.4) is 0 Å². The lowest BCUT2D eigenvalue weighted by Crippen LogP contribution is -2.41. The number of hydrogen-bond acceptors (Lipinski definition) is 2. The Bertz CT molecular complexity index is 183. The molecule has 0 aromatic rings. The van der Waals surface area contributed by atoms with Crippen LogP contribution in [0.5, 0.6) is 0 Å². The smallest absolute Gasteiger partial charge is 0.0197 e. The van der Waals surface area contributed by atoms with Gasteiger partial charge in [-0.1, -0.05) is 39.5 Å². The Morgan fingerprint density at radius 2 is 1.67 bits per heavy atom. The molecule has 0 heterocycles. The minimum Gasteiger partial charge on any atom is -0.312 e. The molecule has 2 heteroatoms. The summed E-state index contributed by atoms with van der Waals surface area (Å²) in [6, 6.07) is 0.670. The number of likely N-dealkylation sites (N-methyl/N-ethyl adjacent to an activating group) is 1. The maximum absolute atomic E-state index is 3.84. The molecule has 1 fully saturated rings. The van der Waals surface area contributed by atoms with Gasteiger partial charge < -0.3 is 10.2 Å². The van der Waals surface area contributed by atoms with Crippen molar-refractivity contribution in [3.63, 3.8) is 0 Å². The van der Waals surface area contributed by atoms with Crippen molar-refractivity contribution >= 4 is 0 Å². The van der Waals surface area contributed by atoms with Gasteiger partial charge in [-0.05, 0) is 51.7 Å². The minimum absolute atomic E-state index is 0.670. The molecule has 0 amide bonds. The summed E-state index contributed by atoms with van der Waals surface area (Å²) < 4.78 is 0. The molecule has 0 aromatic heterocycles. The van der Waals surface area contributed by atoms with Crippen molar-refractivity contribution in [3.05, 3.63) is 0 Å². The fraction of sp³-hybridized carbons (Fsp3) is 1.00. The third kappa shape index (κ3) is 7.38. The fourth-order valence-electron chi connectivity index (χ4n) is 3.13. The third-order valence-corrected chi connectivity index (χ3v) is 4.01. The molecule has 1 N–H and O–H groups in total. The lowest BCUT2D eigenvalue weighted by atomic mass is 9.98. The monoisotopic (exact) mass is 254 g/mol. The zero-order valence-corrected chi connectivity index (χ0v) is 13.0. The van der Waals surface area contributed by atoms with Gasteiger partial charge in [-0.3, -0.25) is 0 Å². The quantitative estimate of drug-likeness (QED) is 0.699. The first-order chi connectivity index (χ1) is 8.58. The highest BCUT2D eigenvalue weighted by Crippen LogP contribution is 2.22. The summed E-state index contributed by atoms with van der Waals surface area (Å²) >= 11 is 0. The van der Waals surface area contributed by atoms with Crippen LogP contribution in [-0.2, 0) is 0 Å². The summed E-state index contributed by atoms with van der Waals surface area (Å²) in [5.41, 5.74) is 0. The second kappa shape index (κ2) is 8.92. The maximum atomic E-state index is 3.84. The lowest BCUT2D eigenvalue weighted by Gasteiger charge is -2.26. The van der Waals surface area contributed by atoms with E-state index in [1.54, 1.807) is 0 Å². The van der Waals surface area contributed by atoms with Crippen LogP contribution >= 0.6 is 0 Å². The van der Waals surface area contributed by atoms with Crippen LogP contribution in [-0.4, -0.2) is 38.1 Å². The van der Waals surface area contributed by atoms with E-state index in [1.165, 1.54) is 58.0 Å². The molecule has 1 atom stereocenters. The number of nitrogens with one attached hydrogen (secondary N) is 1. The van der Waals surface area contributed by atoms with E-state index in [9.17, 15) is 0 Å². The Morgan fingerprint density at radius 1 is 1.06 bits per heavy atom. The van der Waals surface area contributed by atoms with Crippen LogP contribution < -0.4 is 5.32 Å². The Hall–Kier alpha value is -0.0800. The topological polar surface area (TPSA) is 15.3 Å². The molecule has 1 rings (SSSR count). The van der Waals surface area contributed by atoms with Crippen LogP contribution in [0.25, 0.3) is 0 Å². The maximum Gasteiger partial charge on any atom is 0.0197 e. The van der Waals surface area contributed by atoms with Crippen molar-refractivity contribution < 1.29 is 0 Å². The van der Waals surface area contributed by atoms with Crippen molar-refractivity contribution in [1.29, 1.82) is 0 Å². The summed E-state index contributed by atoms with van der Waals surface area (Å²) in [6.45, 7) is 7.07. The van der Waals surface area contributed by atoms with E-state index < -0.39 is 0 Å². The predicted molar refractivity (Wildman–Crippen MR) is 81.0 cm³/mol. The summed E-state index contributed by atoms with van der Waals surface area (Å²) in [6.07, 6.45) is 10.0. The molecule has 0 radical (unpaired) electrons. The summed E-state index contributed by atoms with van der Waals surface area (Å²) in [7, 11) is 4.36. The fourth-order valence-corrected chi connectivity index (χ4v) is 3.13. The summed E-state index contributed by atoms with van der Waals surface area (Å²) in [4.78, 5) is 2.31. The molecule has 1 aliphatic carbocycles. The number of nitrogens with zero attached hydrogens (tertiary/aromatic N) is 1. The van der Waals surface area contributed by atoms with Crippen molar-refractivity contribution in [1.82, 2.24) is 10.2 Å². The van der Waals surface area contributed by atoms with Gasteiger partial charge in [0.25, 0.3) is 0 Å². The predicted octanol–water partition coefficient (Wildman–Crippen LogP) is 3.52. The molecule has 1 unspecified atom stereocenters. The number of hydrogen-bond donors (Lipinski definition) is 1. The van der Waals surface area contributed by atoms with Crippen LogP contribution in [0.2, 0.25) is 0 Å². The van der Waals surface area contributed by atoms with E-state index in [2.05, 4.69) is 38.2 Å². The molecular weight excluding hydrogens is 220 g/mol. The van der Waals surface area contributed by atoms with Crippen molar-refractivity contribution in [2.45, 2.75) is 64.8 Å². The van der Waals surface area contributed by atoms with E-state index in [1.807, 2.05) is 0 Å².